The van der Waals surface area contributed by atoms with Crippen molar-refractivity contribution in [1.82, 2.24) is 10.2 Å². The molecule has 1 saturated heterocycles. The summed E-state index contributed by atoms with van der Waals surface area (Å²) in [5, 5.41) is 3.14. The van der Waals surface area contributed by atoms with Gasteiger partial charge in [-0.25, -0.2) is 8.42 Å². The molecule has 2 aliphatic heterocycles. The predicted molar refractivity (Wildman–Crippen MR) is 108 cm³/mol. The summed E-state index contributed by atoms with van der Waals surface area (Å²) in [6.07, 6.45) is 6.35. The van der Waals surface area contributed by atoms with E-state index in [0.717, 1.165) is 31.4 Å². The molecule has 2 heterocycles. The molecule has 0 spiro atoms. The second-order valence-corrected chi connectivity index (χ2v) is 10.5. The maximum atomic E-state index is 13.1. The van der Waals surface area contributed by atoms with Gasteiger partial charge in [0.15, 0.2) is 9.84 Å². The number of hydrogen-bond acceptors (Lipinski definition) is 5. The van der Waals surface area contributed by atoms with E-state index in [9.17, 15) is 13.2 Å². The van der Waals surface area contributed by atoms with Crippen molar-refractivity contribution in [3.05, 3.63) is 23.3 Å². The molecule has 7 heteroatoms. The highest BCUT2D eigenvalue weighted by molar-refractivity contribution is 7.91. The molecule has 28 heavy (non-hydrogen) atoms. The van der Waals surface area contributed by atoms with Crippen LogP contribution >= 0.6 is 0 Å². The summed E-state index contributed by atoms with van der Waals surface area (Å²) >= 11 is 0. The molecule has 0 bridgehead atoms. The number of sulfone groups is 1. The molecule has 4 rings (SSSR count). The van der Waals surface area contributed by atoms with Crippen LogP contribution < -0.4 is 10.1 Å². The molecule has 1 saturated carbocycles. The van der Waals surface area contributed by atoms with Gasteiger partial charge in [0, 0.05) is 18.1 Å². The minimum absolute atomic E-state index is 0.0151. The second-order valence-electron chi connectivity index (χ2n) is 8.26. The fraction of sp³-hybridized carbons (Fsp3) is 0.667. The number of amides is 1. The molecule has 0 aromatic heterocycles. The topological polar surface area (TPSA) is 75.7 Å². The van der Waals surface area contributed by atoms with Crippen molar-refractivity contribution in [2.24, 2.45) is 0 Å². The summed E-state index contributed by atoms with van der Waals surface area (Å²) in [5.41, 5.74) is 1.17. The zero-order valence-electron chi connectivity index (χ0n) is 16.7. The normalized spacial score (nSPS) is 23.7. The van der Waals surface area contributed by atoms with Crippen LogP contribution in [0.2, 0.25) is 0 Å². The lowest BCUT2D eigenvalue weighted by Crippen LogP contribution is -2.48. The standard InChI is InChI=1S/C21H30N2O4S/c1-3-28(25,26)17-12-15-6-5-11-27-20(15)18(13-17)21(24)22-14(2)19-7-4-10-23(19)16-8-9-16/h12-14,16,19H,3-11H2,1-2H3,(H,22,24). The van der Waals surface area contributed by atoms with Crippen LogP contribution in [0.25, 0.3) is 0 Å². The number of benzene rings is 1. The summed E-state index contributed by atoms with van der Waals surface area (Å²) in [7, 11) is -3.39. The van der Waals surface area contributed by atoms with Crippen LogP contribution in [0.5, 0.6) is 5.75 Å². The fourth-order valence-electron chi connectivity index (χ4n) is 4.56. The Morgan fingerprint density at radius 3 is 2.79 bits per heavy atom. The molecule has 1 aromatic carbocycles. The number of nitrogens with one attached hydrogen (secondary N) is 1. The average molecular weight is 407 g/mol. The van der Waals surface area contributed by atoms with Gasteiger partial charge < -0.3 is 10.1 Å². The summed E-state index contributed by atoms with van der Waals surface area (Å²) < 4.78 is 30.7. The van der Waals surface area contributed by atoms with Crippen molar-refractivity contribution < 1.29 is 17.9 Å². The molecule has 154 valence electrons. The van der Waals surface area contributed by atoms with Crippen LogP contribution in [0.3, 0.4) is 0 Å². The smallest absolute Gasteiger partial charge is 0.255 e. The molecule has 1 aromatic rings. The van der Waals surface area contributed by atoms with E-state index in [4.69, 9.17) is 4.74 Å². The van der Waals surface area contributed by atoms with Gasteiger partial charge in [0.1, 0.15) is 5.75 Å². The van der Waals surface area contributed by atoms with Crippen LogP contribution in [0.4, 0.5) is 0 Å². The minimum Gasteiger partial charge on any atom is -0.492 e. The van der Waals surface area contributed by atoms with E-state index in [1.807, 2.05) is 0 Å². The van der Waals surface area contributed by atoms with Crippen LogP contribution in [0.1, 0.15) is 61.9 Å². The molecule has 6 nitrogen and oxygen atoms in total. The first-order chi connectivity index (χ1) is 13.4. The van der Waals surface area contributed by atoms with E-state index in [0.29, 0.717) is 30.0 Å². The summed E-state index contributed by atoms with van der Waals surface area (Å²) in [4.78, 5) is 15.9. The van der Waals surface area contributed by atoms with E-state index in [1.54, 1.807) is 13.0 Å². The van der Waals surface area contributed by atoms with Gasteiger partial charge in [0.25, 0.3) is 5.91 Å². The molecule has 1 amide bonds. The molecule has 3 aliphatic rings. The quantitative estimate of drug-likeness (QED) is 0.786. The molecule has 2 unspecified atom stereocenters. The first-order valence-corrected chi connectivity index (χ1v) is 12.1. The number of ether oxygens (including phenoxy) is 1. The Morgan fingerprint density at radius 2 is 2.07 bits per heavy atom. The monoisotopic (exact) mass is 406 g/mol. The third-order valence-electron chi connectivity index (χ3n) is 6.25. The van der Waals surface area contributed by atoms with Gasteiger partial charge in [0.2, 0.25) is 0 Å². The van der Waals surface area contributed by atoms with Gasteiger partial charge in [-0.05, 0) is 69.7 Å². The van der Waals surface area contributed by atoms with Crippen LogP contribution in [-0.4, -0.2) is 56.3 Å². The van der Waals surface area contributed by atoms with Gasteiger partial charge in [-0.2, -0.15) is 0 Å². The highest BCUT2D eigenvalue weighted by atomic mass is 32.2. The van der Waals surface area contributed by atoms with E-state index in [1.165, 1.54) is 25.3 Å². The summed E-state index contributed by atoms with van der Waals surface area (Å²) in [5.74, 6) is 0.334. The highest BCUT2D eigenvalue weighted by Gasteiger charge is 2.39. The van der Waals surface area contributed by atoms with Crippen LogP contribution in [0, 0.1) is 0 Å². The molecule has 1 N–H and O–H groups in total. The largest absolute Gasteiger partial charge is 0.492 e. The first kappa shape index (κ1) is 19.7. The van der Waals surface area contributed by atoms with Gasteiger partial charge in [-0.1, -0.05) is 6.92 Å². The molecule has 1 aliphatic carbocycles. The fourth-order valence-corrected chi connectivity index (χ4v) is 5.51. The maximum absolute atomic E-state index is 13.1. The number of carbonyl (C=O) groups excluding carboxylic acids is 1. The lowest BCUT2D eigenvalue weighted by Gasteiger charge is -2.30. The van der Waals surface area contributed by atoms with E-state index in [-0.39, 0.29) is 22.6 Å². The predicted octanol–water partition coefficient (Wildman–Crippen LogP) is 2.55. The third-order valence-corrected chi connectivity index (χ3v) is 7.97. The number of fused-ring (bicyclic) bond motifs is 1. The van der Waals surface area contributed by atoms with Gasteiger partial charge >= 0.3 is 0 Å². The van der Waals surface area contributed by atoms with E-state index in [2.05, 4.69) is 17.1 Å². The zero-order chi connectivity index (χ0) is 19.9. The third kappa shape index (κ3) is 3.79. The lowest BCUT2D eigenvalue weighted by molar-refractivity contribution is 0.0905. The van der Waals surface area contributed by atoms with Crippen LogP contribution in [0.15, 0.2) is 17.0 Å². The number of likely N-dealkylation sites (tertiary alicyclic amines) is 1. The van der Waals surface area contributed by atoms with Crippen molar-refractivity contribution >= 4 is 15.7 Å². The van der Waals surface area contributed by atoms with Crippen molar-refractivity contribution in [1.29, 1.82) is 0 Å². The highest BCUT2D eigenvalue weighted by Crippen LogP contribution is 2.35. The minimum atomic E-state index is -3.39. The van der Waals surface area contributed by atoms with E-state index < -0.39 is 9.84 Å². The summed E-state index contributed by atoms with van der Waals surface area (Å²) in [6.45, 7) is 5.35. The van der Waals surface area contributed by atoms with Gasteiger partial charge in [0.05, 0.1) is 22.8 Å². The molecule has 0 radical (unpaired) electrons. The molecule has 2 atom stereocenters. The molecular weight excluding hydrogens is 376 g/mol. The zero-order valence-corrected chi connectivity index (χ0v) is 17.6. The molecular formula is C21H30N2O4S. The Hall–Kier alpha value is -1.60. The maximum Gasteiger partial charge on any atom is 0.255 e. The van der Waals surface area contributed by atoms with Crippen LogP contribution in [-0.2, 0) is 16.3 Å². The Morgan fingerprint density at radius 1 is 1.29 bits per heavy atom. The number of hydrogen-bond donors (Lipinski definition) is 1. The molecule has 2 fully saturated rings. The number of nitrogens with zero attached hydrogens (tertiary/aromatic N) is 1. The van der Waals surface area contributed by atoms with Gasteiger partial charge in [-0.15, -0.1) is 0 Å². The number of carbonyl (C=O) groups is 1. The van der Waals surface area contributed by atoms with Crippen molar-refractivity contribution in [3.63, 3.8) is 0 Å². The second kappa shape index (κ2) is 7.67. The van der Waals surface area contributed by atoms with Crippen molar-refractivity contribution in [2.45, 2.75) is 75.4 Å². The Kier molecular flexibility index (Phi) is 5.40. The Bertz CT molecular complexity index is 863. The van der Waals surface area contributed by atoms with Gasteiger partial charge in [-0.3, -0.25) is 9.69 Å². The van der Waals surface area contributed by atoms with E-state index >= 15 is 0 Å². The number of aryl methyl sites for hydroxylation is 1. The number of rotatable bonds is 6. The Balaban J connectivity index is 1.60. The first-order valence-electron chi connectivity index (χ1n) is 10.5. The average Bonchev–Trinajstić information content (AvgIpc) is 3.42. The summed E-state index contributed by atoms with van der Waals surface area (Å²) in [6, 6.07) is 4.23. The Labute approximate surface area is 167 Å². The SMILES string of the molecule is CCS(=O)(=O)c1cc2c(c(C(=O)NC(C)C3CCCN3C3CC3)c1)OCCC2. The van der Waals surface area contributed by atoms with Crippen molar-refractivity contribution in [3.8, 4) is 5.75 Å². The lowest BCUT2D eigenvalue weighted by atomic mass is 10.0. The van der Waals surface area contributed by atoms with Crippen molar-refractivity contribution in [2.75, 3.05) is 18.9 Å².